The Morgan fingerprint density at radius 1 is 1.40 bits per heavy atom. The summed E-state index contributed by atoms with van der Waals surface area (Å²) in [7, 11) is 0. The lowest BCUT2D eigenvalue weighted by Crippen LogP contribution is -1.98. The first-order valence-electron chi connectivity index (χ1n) is 4.50. The van der Waals surface area contributed by atoms with Gasteiger partial charge in [0, 0.05) is 6.20 Å². The van der Waals surface area contributed by atoms with Crippen LogP contribution in [-0.2, 0) is 0 Å². The topological polar surface area (TPSA) is 33.1 Å². The van der Waals surface area contributed by atoms with Gasteiger partial charge in [0.05, 0.1) is 10.4 Å². The summed E-state index contributed by atoms with van der Waals surface area (Å²) in [6.45, 7) is 1.80. The molecule has 0 spiro atoms. The highest BCUT2D eigenvalue weighted by Crippen LogP contribution is 2.25. The van der Waals surface area contributed by atoms with E-state index in [2.05, 4.69) is 4.98 Å². The van der Waals surface area contributed by atoms with E-state index in [4.69, 9.17) is 0 Å². The summed E-state index contributed by atoms with van der Waals surface area (Å²) in [5.41, 5.74) is 3.01. The Labute approximate surface area is 91.0 Å². The van der Waals surface area contributed by atoms with E-state index < -0.39 is 6.10 Å². The van der Waals surface area contributed by atoms with Crippen molar-refractivity contribution >= 4 is 11.3 Å². The van der Waals surface area contributed by atoms with Crippen molar-refractivity contribution in [2.75, 3.05) is 0 Å². The number of rotatable bonds is 2. The zero-order valence-corrected chi connectivity index (χ0v) is 8.96. The molecule has 2 nitrogen and oxygen atoms in total. The van der Waals surface area contributed by atoms with Crippen molar-refractivity contribution in [1.82, 2.24) is 4.98 Å². The average molecular weight is 223 g/mol. The Balaban J connectivity index is 2.37. The van der Waals surface area contributed by atoms with Crippen LogP contribution in [0.1, 0.15) is 22.1 Å². The number of benzene rings is 1. The van der Waals surface area contributed by atoms with Crippen LogP contribution >= 0.6 is 11.3 Å². The molecule has 2 rings (SSSR count). The third-order valence-electron chi connectivity index (χ3n) is 2.10. The maximum atomic E-state index is 13.1. The minimum Gasteiger partial charge on any atom is -0.383 e. The molecule has 0 aliphatic carbocycles. The molecular weight excluding hydrogens is 213 g/mol. The normalized spacial score (nSPS) is 12.7. The van der Waals surface area contributed by atoms with Crippen LogP contribution in [0, 0.1) is 12.7 Å². The van der Waals surface area contributed by atoms with Crippen molar-refractivity contribution in [3.63, 3.8) is 0 Å². The Morgan fingerprint density at radius 2 is 2.20 bits per heavy atom. The van der Waals surface area contributed by atoms with Gasteiger partial charge in [0.15, 0.2) is 0 Å². The van der Waals surface area contributed by atoms with Crippen LogP contribution in [0.3, 0.4) is 0 Å². The number of aromatic nitrogens is 1. The first kappa shape index (κ1) is 10.3. The van der Waals surface area contributed by atoms with E-state index in [0.717, 1.165) is 10.4 Å². The molecule has 0 aliphatic rings. The van der Waals surface area contributed by atoms with E-state index in [1.807, 2.05) is 0 Å². The minimum absolute atomic E-state index is 0.325. The van der Waals surface area contributed by atoms with Crippen LogP contribution in [0.15, 0.2) is 29.9 Å². The Morgan fingerprint density at radius 3 is 2.80 bits per heavy atom. The molecule has 0 saturated carbocycles. The van der Waals surface area contributed by atoms with Crippen LogP contribution in [0.5, 0.6) is 0 Å². The molecule has 1 N–H and O–H groups in total. The average Bonchev–Trinajstić information content (AvgIpc) is 2.67. The molecule has 0 fully saturated rings. The highest BCUT2D eigenvalue weighted by Gasteiger charge is 2.13. The molecule has 78 valence electrons. The van der Waals surface area contributed by atoms with Gasteiger partial charge in [-0.25, -0.2) is 4.39 Å². The highest BCUT2D eigenvalue weighted by atomic mass is 32.1. The summed E-state index contributed by atoms with van der Waals surface area (Å²) in [4.78, 5) is 4.60. The molecule has 0 amide bonds. The van der Waals surface area contributed by atoms with Gasteiger partial charge >= 0.3 is 0 Å². The van der Waals surface area contributed by atoms with Gasteiger partial charge in [-0.2, -0.15) is 0 Å². The molecule has 1 aromatic carbocycles. The van der Waals surface area contributed by atoms with Crippen molar-refractivity contribution in [3.05, 3.63) is 51.7 Å². The Kier molecular flexibility index (Phi) is 2.79. The maximum Gasteiger partial charge on any atom is 0.123 e. The van der Waals surface area contributed by atoms with Crippen LogP contribution in [0.4, 0.5) is 4.39 Å². The predicted octanol–water partition coefficient (Wildman–Crippen LogP) is 2.67. The van der Waals surface area contributed by atoms with E-state index >= 15 is 0 Å². The number of aryl methyl sites for hydroxylation is 1. The van der Waals surface area contributed by atoms with Gasteiger partial charge in [0.1, 0.15) is 11.9 Å². The summed E-state index contributed by atoms with van der Waals surface area (Å²) in [5, 5.41) is 9.93. The molecule has 4 heteroatoms. The molecule has 1 atom stereocenters. The standard InChI is InChI=1S/C11H10FNOS/c1-7-2-8(4-9(12)3-7)11(14)10-5-13-6-15-10/h2-6,11,14H,1H3. The van der Waals surface area contributed by atoms with Crippen molar-refractivity contribution in [2.24, 2.45) is 0 Å². The number of hydrogen-bond acceptors (Lipinski definition) is 3. The van der Waals surface area contributed by atoms with Gasteiger partial charge in [-0.3, -0.25) is 4.98 Å². The number of halogens is 1. The molecule has 1 heterocycles. The van der Waals surface area contributed by atoms with Crippen LogP contribution in [0.2, 0.25) is 0 Å². The fraction of sp³-hybridized carbons (Fsp3) is 0.182. The van der Waals surface area contributed by atoms with Crippen molar-refractivity contribution in [1.29, 1.82) is 0 Å². The van der Waals surface area contributed by atoms with Crippen molar-refractivity contribution in [2.45, 2.75) is 13.0 Å². The molecule has 2 aromatic rings. The number of aliphatic hydroxyl groups is 1. The summed E-state index contributed by atoms with van der Waals surface area (Å²) >= 11 is 1.35. The zero-order valence-electron chi connectivity index (χ0n) is 8.14. The third-order valence-corrected chi connectivity index (χ3v) is 2.93. The second-order valence-corrected chi connectivity index (χ2v) is 4.29. The summed E-state index contributed by atoms with van der Waals surface area (Å²) in [6.07, 6.45) is 0.808. The SMILES string of the molecule is Cc1cc(F)cc(C(O)c2cncs2)c1. The lowest BCUT2D eigenvalue weighted by atomic mass is 10.1. The lowest BCUT2D eigenvalue weighted by Gasteiger charge is -2.09. The quantitative estimate of drug-likeness (QED) is 0.849. The number of thiazole rings is 1. The Hall–Kier alpha value is -1.26. The monoisotopic (exact) mass is 223 g/mol. The van der Waals surface area contributed by atoms with Crippen LogP contribution in [0.25, 0.3) is 0 Å². The van der Waals surface area contributed by atoms with E-state index in [9.17, 15) is 9.50 Å². The molecule has 0 aliphatic heterocycles. The summed E-state index contributed by atoms with van der Waals surface area (Å²) in [6, 6.07) is 4.55. The predicted molar refractivity (Wildman–Crippen MR) is 57.3 cm³/mol. The second-order valence-electron chi connectivity index (χ2n) is 3.37. The first-order chi connectivity index (χ1) is 7.16. The number of nitrogens with zero attached hydrogens (tertiary/aromatic N) is 1. The van der Waals surface area contributed by atoms with Gasteiger partial charge in [0.25, 0.3) is 0 Å². The summed E-state index contributed by atoms with van der Waals surface area (Å²) < 4.78 is 13.1. The minimum atomic E-state index is -0.785. The van der Waals surface area contributed by atoms with Gasteiger partial charge in [-0.1, -0.05) is 6.07 Å². The van der Waals surface area contributed by atoms with Gasteiger partial charge < -0.3 is 5.11 Å². The van der Waals surface area contributed by atoms with E-state index in [1.165, 1.54) is 23.5 Å². The maximum absolute atomic E-state index is 13.1. The van der Waals surface area contributed by atoms with Crippen LogP contribution in [-0.4, -0.2) is 10.1 Å². The van der Waals surface area contributed by atoms with Gasteiger partial charge in [-0.15, -0.1) is 11.3 Å². The van der Waals surface area contributed by atoms with Crippen molar-refractivity contribution in [3.8, 4) is 0 Å². The number of hydrogen-bond donors (Lipinski definition) is 1. The smallest absolute Gasteiger partial charge is 0.123 e. The highest BCUT2D eigenvalue weighted by molar-refractivity contribution is 7.09. The Bertz CT molecular complexity index is 435. The van der Waals surface area contributed by atoms with Crippen LogP contribution < -0.4 is 0 Å². The molecule has 15 heavy (non-hydrogen) atoms. The van der Waals surface area contributed by atoms with Crippen molar-refractivity contribution < 1.29 is 9.50 Å². The molecular formula is C11H10FNOS. The lowest BCUT2D eigenvalue weighted by molar-refractivity contribution is 0.223. The molecule has 0 radical (unpaired) electrons. The van der Waals surface area contributed by atoms with E-state index in [1.54, 1.807) is 24.7 Å². The van der Waals surface area contributed by atoms with E-state index in [-0.39, 0.29) is 5.82 Å². The largest absolute Gasteiger partial charge is 0.383 e. The molecule has 0 bridgehead atoms. The fourth-order valence-corrected chi connectivity index (χ4v) is 2.08. The van der Waals surface area contributed by atoms with E-state index in [0.29, 0.717) is 5.56 Å². The first-order valence-corrected chi connectivity index (χ1v) is 5.38. The summed E-state index contributed by atoms with van der Waals surface area (Å²) in [5.74, 6) is -0.325. The van der Waals surface area contributed by atoms with Gasteiger partial charge in [0.2, 0.25) is 0 Å². The molecule has 0 saturated heterocycles. The molecule has 1 unspecified atom stereocenters. The number of aliphatic hydroxyl groups excluding tert-OH is 1. The molecule has 1 aromatic heterocycles. The third kappa shape index (κ3) is 2.22. The second kappa shape index (κ2) is 4.08. The zero-order chi connectivity index (χ0) is 10.8. The fourth-order valence-electron chi connectivity index (χ4n) is 1.45. The van der Waals surface area contributed by atoms with Gasteiger partial charge in [-0.05, 0) is 30.2 Å².